The zero-order valence-electron chi connectivity index (χ0n) is 15.4. The van der Waals surface area contributed by atoms with E-state index in [2.05, 4.69) is 5.32 Å². The monoisotopic (exact) mass is 365 g/mol. The second-order valence-electron chi connectivity index (χ2n) is 7.16. The summed E-state index contributed by atoms with van der Waals surface area (Å²) in [5.41, 5.74) is 1.14. The van der Waals surface area contributed by atoms with Crippen molar-refractivity contribution in [2.24, 2.45) is 0 Å². The minimum absolute atomic E-state index is 0.265. The van der Waals surface area contributed by atoms with Crippen LogP contribution in [0.5, 0.6) is 0 Å². The van der Waals surface area contributed by atoms with Crippen LogP contribution in [0.15, 0.2) is 30.3 Å². The van der Waals surface area contributed by atoms with Crippen molar-refractivity contribution in [3.8, 4) is 0 Å². The van der Waals surface area contributed by atoms with Crippen LogP contribution < -0.4 is 5.32 Å². The Bertz CT molecular complexity index is 607. The first-order chi connectivity index (χ1) is 12.4. The molecule has 2 aliphatic rings. The van der Waals surface area contributed by atoms with Gasteiger partial charge in [-0.1, -0.05) is 30.3 Å². The number of hydrogen-bond donors (Lipinski definition) is 2. The minimum atomic E-state index is -0.956. The average molecular weight is 365 g/mol. The number of benzene rings is 1. The molecule has 144 valence electrons. The van der Waals surface area contributed by atoms with Crippen LogP contribution in [0.25, 0.3) is 0 Å². The number of fused-ring (bicyclic) bond motifs is 1. The molecular formula is C19H27NO6. The molecule has 7 nitrogen and oxygen atoms in total. The summed E-state index contributed by atoms with van der Waals surface area (Å²) in [6.45, 7) is 5.66. The summed E-state index contributed by atoms with van der Waals surface area (Å²) in [6, 6.07) is 9.23. The highest BCUT2D eigenvalue weighted by atomic mass is 16.8. The van der Waals surface area contributed by atoms with Crippen LogP contribution in [0, 0.1) is 0 Å². The van der Waals surface area contributed by atoms with Gasteiger partial charge in [0.1, 0.15) is 24.4 Å². The van der Waals surface area contributed by atoms with Gasteiger partial charge in [-0.05, 0) is 25.8 Å². The quantitative estimate of drug-likeness (QED) is 0.809. The Kier molecular flexibility index (Phi) is 5.94. The molecule has 0 aromatic heterocycles. The number of amides is 1. The molecule has 26 heavy (non-hydrogen) atoms. The Labute approximate surface area is 153 Å². The van der Waals surface area contributed by atoms with E-state index in [0.29, 0.717) is 19.6 Å². The molecule has 2 aliphatic heterocycles. The molecule has 0 spiro atoms. The molecule has 2 N–H and O–H groups in total. The van der Waals surface area contributed by atoms with Crippen molar-refractivity contribution in [3.63, 3.8) is 0 Å². The van der Waals surface area contributed by atoms with Crippen LogP contribution in [0.2, 0.25) is 0 Å². The molecule has 1 aromatic rings. The van der Waals surface area contributed by atoms with Gasteiger partial charge in [0.25, 0.3) is 0 Å². The molecule has 2 fully saturated rings. The van der Waals surface area contributed by atoms with Gasteiger partial charge in [-0.25, -0.2) is 0 Å². The second-order valence-corrected chi connectivity index (χ2v) is 7.16. The largest absolute Gasteiger partial charge is 0.388 e. The van der Waals surface area contributed by atoms with Crippen molar-refractivity contribution in [3.05, 3.63) is 35.9 Å². The van der Waals surface area contributed by atoms with Gasteiger partial charge >= 0.3 is 0 Å². The number of carbonyl (C=O) groups excluding carboxylic acids is 1. The molecule has 1 aromatic carbocycles. The summed E-state index contributed by atoms with van der Waals surface area (Å²) in [4.78, 5) is 11.6. The predicted molar refractivity (Wildman–Crippen MR) is 93.3 cm³/mol. The Morgan fingerprint density at radius 1 is 1.35 bits per heavy atom. The van der Waals surface area contributed by atoms with Crippen molar-refractivity contribution in [1.29, 1.82) is 0 Å². The highest BCUT2D eigenvalue weighted by Crippen LogP contribution is 2.32. The van der Waals surface area contributed by atoms with E-state index in [1.165, 1.54) is 6.92 Å². The highest BCUT2D eigenvalue weighted by Gasteiger charge is 2.51. The fraction of sp³-hybridized carbons (Fsp3) is 0.632. The lowest BCUT2D eigenvalue weighted by Crippen LogP contribution is -2.68. The summed E-state index contributed by atoms with van der Waals surface area (Å²) in [7, 11) is 0. The third-order valence-electron chi connectivity index (χ3n) is 4.57. The Morgan fingerprint density at radius 3 is 2.77 bits per heavy atom. The molecule has 3 rings (SSSR count). The van der Waals surface area contributed by atoms with E-state index in [9.17, 15) is 9.90 Å². The molecule has 0 saturated carbocycles. The van der Waals surface area contributed by atoms with Crippen molar-refractivity contribution in [2.45, 2.75) is 63.6 Å². The van der Waals surface area contributed by atoms with Crippen molar-refractivity contribution >= 4 is 5.91 Å². The van der Waals surface area contributed by atoms with Gasteiger partial charge < -0.3 is 29.4 Å². The smallest absolute Gasteiger partial charge is 0.217 e. The third kappa shape index (κ3) is 4.61. The van der Waals surface area contributed by atoms with Gasteiger partial charge in [0.2, 0.25) is 5.91 Å². The molecule has 7 heteroatoms. The standard InChI is InChI=1S/C19H27NO6/c1-12(21)20-15-16(22)17-14(11-24-19(2,3)26-17)25-18(15)23-10-9-13-7-5-4-6-8-13/h4-8,14-18,22H,9-11H2,1-3H3,(H,20,21)/t14-,15-,16+,17+,18+/m1/s1. The first kappa shape index (κ1) is 19.3. The number of carbonyl (C=O) groups is 1. The van der Waals surface area contributed by atoms with Crippen LogP contribution in [0.1, 0.15) is 26.3 Å². The summed E-state index contributed by atoms with van der Waals surface area (Å²) in [6.07, 6.45) is -2.07. The number of hydrogen-bond acceptors (Lipinski definition) is 6. The lowest BCUT2D eigenvalue weighted by molar-refractivity contribution is -0.368. The van der Waals surface area contributed by atoms with E-state index in [1.807, 2.05) is 30.3 Å². The van der Waals surface area contributed by atoms with Gasteiger partial charge in [0.15, 0.2) is 12.1 Å². The van der Waals surface area contributed by atoms with E-state index >= 15 is 0 Å². The van der Waals surface area contributed by atoms with Gasteiger partial charge in [0.05, 0.1) is 13.2 Å². The number of rotatable bonds is 5. The number of nitrogens with one attached hydrogen (secondary N) is 1. The molecule has 0 aliphatic carbocycles. The molecule has 2 saturated heterocycles. The van der Waals surface area contributed by atoms with Crippen molar-refractivity contribution < 1.29 is 28.8 Å². The molecule has 2 heterocycles. The maximum absolute atomic E-state index is 11.6. The predicted octanol–water partition coefficient (Wildman–Crippen LogP) is 0.988. The van der Waals surface area contributed by atoms with E-state index in [-0.39, 0.29) is 5.91 Å². The molecular weight excluding hydrogens is 338 g/mol. The second kappa shape index (κ2) is 8.02. The Morgan fingerprint density at radius 2 is 2.08 bits per heavy atom. The van der Waals surface area contributed by atoms with E-state index in [0.717, 1.165) is 5.56 Å². The van der Waals surface area contributed by atoms with E-state index in [1.54, 1.807) is 13.8 Å². The van der Waals surface area contributed by atoms with Gasteiger partial charge in [0, 0.05) is 6.92 Å². The van der Waals surface area contributed by atoms with Crippen LogP contribution >= 0.6 is 0 Å². The molecule has 1 amide bonds. The Balaban J connectivity index is 1.66. The zero-order valence-corrected chi connectivity index (χ0v) is 15.4. The lowest BCUT2D eigenvalue weighted by atomic mass is 9.95. The molecule has 0 radical (unpaired) electrons. The maximum Gasteiger partial charge on any atom is 0.217 e. The molecule has 0 bridgehead atoms. The van der Waals surface area contributed by atoms with Crippen LogP contribution in [-0.4, -0.2) is 60.7 Å². The summed E-state index contributed by atoms with van der Waals surface area (Å²) in [5.74, 6) is -1.08. The van der Waals surface area contributed by atoms with E-state index < -0.39 is 36.4 Å². The van der Waals surface area contributed by atoms with Gasteiger partial charge in [-0.15, -0.1) is 0 Å². The first-order valence-electron chi connectivity index (χ1n) is 8.94. The van der Waals surface area contributed by atoms with Gasteiger partial charge in [-0.3, -0.25) is 4.79 Å². The fourth-order valence-electron chi connectivity index (χ4n) is 3.31. The highest BCUT2D eigenvalue weighted by molar-refractivity contribution is 5.73. The Hall–Kier alpha value is -1.51. The fourth-order valence-corrected chi connectivity index (χ4v) is 3.31. The number of aliphatic hydroxyl groups excluding tert-OH is 1. The van der Waals surface area contributed by atoms with Crippen LogP contribution in [0.4, 0.5) is 0 Å². The van der Waals surface area contributed by atoms with Crippen molar-refractivity contribution in [1.82, 2.24) is 5.32 Å². The van der Waals surface area contributed by atoms with E-state index in [4.69, 9.17) is 18.9 Å². The summed E-state index contributed by atoms with van der Waals surface area (Å²) >= 11 is 0. The number of aliphatic hydroxyl groups is 1. The normalized spacial score (nSPS) is 33.3. The lowest BCUT2D eigenvalue weighted by Gasteiger charge is -2.49. The summed E-state index contributed by atoms with van der Waals surface area (Å²) < 4.78 is 23.3. The third-order valence-corrected chi connectivity index (χ3v) is 4.57. The minimum Gasteiger partial charge on any atom is -0.388 e. The topological polar surface area (TPSA) is 86.3 Å². The van der Waals surface area contributed by atoms with Crippen LogP contribution in [0.3, 0.4) is 0 Å². The zero-order chi connectivity index (χ0) is 18.7. The number of ether oxygens (including phenoxy) is 4. The molecule has 5 atom stereocenters. The molecule has 0 unspecified atom stereocenters. The van der Waals surface area contributed by atoms with Crippen molar-refractivity contribution in [2.75, 3.05) is 13.2 Å². The van der Waals surface area contributed by atoms with Gasteiger partial charge in [-0.2, -0.15) is 0 Å². The SMILES string of the molecule is CC(=O)N[C@H]1[C@@H](OCCc2ccccc2)O[C@@H]2COC(C)(C)O[C@@H]2[C@H]1O. The first-order valence-corrected chi connectivity index (χ1v) is 8.94. The van der Waals surface area contributed by atoms with Crippen LogP contribution in [-0.2, 0) is 30.2 Å². The maximum atomic E-state index is 11.6. The average Bonchev–Trinajstić information content (AvgIpc) is 2.59. The summed E-state index contributed by atoms with van der Waals surface area (Å²) in [5, 5.41) is 13.5.